The molecule has 0 aliphatic carbocycles. The predicted molar refractivity (Wildman–Crippen MR) is 97.4 cm³/mol. The van der Waals surface area contributed by atoms with Crippen molar-refractivity contribution in [1.29, 1.82) is 0 Å². The van der Waals surface area contributed by atoms with Crippen molar-refractivity contribution in [2.75, 3.05) is 0 Å². The summed E-state index contributed by atoms with van der Waals surface area (Å²) in [5.41, 5.74) is 1.94. The summed E-state index contributed by atoms with van der Waals surface area (Å²) in [5.74, 6) is -0.503. The van der Waals surface area contributed by atoms with Crippen molar-refractivity contribution in [2.45, 2.75) is 38.7 Å². The van der Waals surface area contributed by atoms with E-state index in [-0.39, 0.29) is 11.8 Å². The van der Waals surface area contributed by atoms with Gasteiger partial charge in [0.05, 0.1) is 10.0 Å². The molecule has 0 aliphatic rings. The molecule has 2 aromatic rings. The first-order valence-corrected chi connectivity index (χ1v) is 8.36. The summed E-state index contributed by atoms with van der Waals surface area (Å²) < 4.78 is 5.64. The summed E-state index contributed by atoms with van der Waals surface area (Å²) in [5, 5.41) is 10.3. The fourth-order valence-corrected chi connectivity index (χ4v) is 2.58. The molecule has 0 amide bonds. The van der Waals surface area contributed by atoms with Crippen LogP contribution < -0.4 is 4.74 Å². The molecule has 2 aromatic carbocycles. The number of hydrogen-bond donors (Lipinski definition) is 1. The van der Waals surface area contributed by atoms with Crippen LogP contribution >= 0.6 is 23.2 Å². The molecule has 0 saturated carbocycles. The van der Waals surface area contributed by atoms with Crippen molar-refractivity contribution in [3.05, 3.63) is 63.6 Å². The first-order valence-electron chi connectivity index (χ1n) is 7.61. The molecule has 0 bridgehead atoms. The summed E-state index contributed by atoms with van der Waals surface area (Å²) in [6, 6.07) is 12.6. The molecule has 2 rings (SSSR count). The fourth-order valence-electron chi connectivity index (χ4n) is 2.26. The van der Waals surface area contributed by atoms with E-state index in [4.69, 9.17) is 27.9 Å². The van der Waals surface area contributed by atoms with E-state index < -0.39 is 12.1 Å². The highest BCUT2D eigenvalue weighted by atomic mass is 35.5. The van der Waals surface area contributed by atoms with E-state index in [0.717, 1.165) is 11.1 Å². The molecule has 1 N–H and O–H groups in total. The smallest absolute Gasteiger partial charge is 0.345 e. The molecule has 0 spiro atoms. The molecule has 0 unspecified atom stereocenters. The number of carbonyl (C=O) groups is 1. The lowest BCUT2D eigenvalue weighted by molar-refractivity contribution is -0.145. The van der Waals surface area contributed by atoms with Crippen LogP contribution in [0.3, 0.4) is 0 Å². The molecule has 0 saturated heterocycles. The Labute approximate surface area is 152 Å². The lowest BCUT2D eigenvalue weighted by atomic mass is 9.87. The molecule has 3 nitrogen and oxygen atoms in total. The first kappa shape index (κ1) is 18.6. The van der Waals surface area contributed by atoms with E-state index in [1.807, 2.05) is 12.1 Å². The van der Waals surface area contributed by atoms with E-state index in [1.165, 1.54) is 0 Å². The van der Waals surface area contributed by atoms with Crippen LogP contribution in [-0.4, -0.2) is 17.2 Å². The Morgan fingerprint density at radius 3 is 2.21 bits per heavy atom. The van der Waals surface area contributed by atoms with Gasteiger partial charge in [-0.2, -0.15) is 0 Å². The SMILES string of the molecule is CC(C)(C)c1ccc(O[C@H](Cc2ccc(Cl)c(Cl)c2)C(=O)O)cc1. The lowest BCUT2D eigenvalue weighted by Gasteiger charge is -2.20. The molecule has 0 fully saturated rings. The van der Waals surface area contributed by atoms with Crippen LogP contribution in [-0.2, 0) is 16.6 Å². The molecule has 0 aliphatic heterocycles. The normalized spacial score (nSPS) is 12.7. The minimum atomic E-state index is -1.03. The van der Waals surface area contributed by atoms with Gasteiger partial charge in [-0.1, -0.05) is 62.2 Å². The van der Waals surface area contributed by atoms with Gasteiger partial charge >= 0.3 is 5.97 Å². The highest BCUT2D eigenvalue weighted by molar-refractivity contribution is 6.42. The van der Waals surface area contributed by atoms with Crippen molar-refractivity contribution in [1.82, 2.24) is 0 Å². The maximum absolute atomic E-state index is 11.5. The Hall–Kier alpha value is -1.71. The first-order chi connectivity index (χ1) is 11.2. The minimum absolute atomic E-state index is 0.0325. The monoisotopic (exact) mass is 366 g/mol. The van der Waals surface area contributed by atoms with E-state index in [9.17, 15) is 9.90 Å². The van der Waals surface area contributed by atoms with Gasteiger partial charge in [-0.3, -0.25) is 0 Å². The number of halogens is 2. The maximum Gasteiger partial charge on any atom is 0.345 e. The molecular formula is C19H20Cl2O3. The van der Waals surface area contributed by atoms with Gasteiger partial charge in [-0.15, -0.1) is 0 Å². The summed E-state index contributed by atoms with van der Waals surface area (Å²) in [6.07, 6.45) is -0.796. The Morgan fingerprint density at radius 1 is 1.08 bits per heavy atom. The zero-order valence-electron chi connectivity index (χ0n) is 13.8. The Morgan fingerprint density at radius 2 is 1.71 bits per heavy atom. The van der Waals surface area contributed by atoms with E-state index in [1.54, 1.807) is 30.3 Å². The highest BCUT2D eigenvalue weighted by Crippen LogP contribution is 2.26. The topological polar surface area (TPSA) is 46.5 Å². The van der Waals surface area contributed by atoms with Crippen LogP contribution in [0.5, 0.6) is 5.75 Å². The van der Waals surface area contributed by atoms with Gasteiger partial charge in [0, 0.05) is 6.42 Å². The molecular weight excluding hydrogens is 347 g/mol. The van der Waals surface area contributed by atoms with Crippen LogP contribution in [0.15, 0.2) is 42.5 Å². The zero-order chi connectivity index (χ0) is 17.9. The van der Waals surface area contributed by atoms with Crippen LogP contribution in [0, 0.1) is 0 Å². The van der Waals surface area contributed by atoms with Gasteiger partial charge in [0.2, 0.25) is 0 Å². The standard InChI is InChI=1S/C19H20Cl2O3/c1-19(2,3)13-5-7-14(8-6-13)24-17(18(22)23)11-12-4-9-15(20)16(21)10-12/h4-10,17H,11H2,1-3H3,(H,22,23)/t17-/m1/s1. The second-order valence-electron chi connectivity index (χ2n) is 6.67. The fraction of sp³-hybridized carbons (Fsp3) is 0.316. The third-order valence-corrected chi connectivity index (χ3v) is 4.42. The molecule has 128 valence electrons. The van der Waals surface area contributed by atoms with Crippen molar-refractivity contribution < 1.29 is 14.6 Å². The summed E-state index contributed by atoms with van der Waals surface area (Å²) >= 11 is 11.9. The van der Waals surface area contributed by atoms with E-state index in [0.29, 0.717) is 15.8 Å². The number of carboxylic acids is 1. The van der Waals surface area contributed by atoms with Crippen molar-refractivity contribution in [2.24, 2.45) is 0 Å². The molecule has 1 atom stereocenters. The van der Waals surface area contributed by atoms with Crippen LogP contribution in [0.4, 0.5) is 0 Å². The average molecular weight is 367 g/mol. The van der Waals surface area contributed by atoms with Crippen molar-refractivity contribution >= 4 is 29.2 Å². The number of ether oxygens (including phenoxy) is 1. The van der Waals surface area contributed by atoms with Crippen LogP contribution in [0.1, 0.15) is 31.9 Å². The number of rotatable bonds is 5. The van der Waals surface area contributed by atoms with Gasteiger partial charge in [0.15, 0.2) is 6.10 Å². The zero-order valence-corrected chi connectivity index (χ0v) is 15.4. The van der Waals surface area contributed by atoms with Gasteiger partial charge in [0.25, 0.3) is 0 Å². The average Bonchev–Trinajstić information content (AvgIpc) is 2.50. The van der Waals surface area contributed by atoms with E-state index in [2.05, 4.69) is 20.8 Å². The maximum atomic E-state index is 11.5. The van der Waals surface area contributed by atoms with Crippen LogP contribution in [0.2, 0.25) is 10.0 Å². The van der Waals surface area contributed by atoms with Gasteiger partial charge in [-0.25, -0.2) is 4.79 Å². The molecule has 24 heavy (non-hydrogen) atoms. The third kappa shape index (κ3) is 4.89. The van der Waals surface area contributed by atoms with Gasteiger partial charge in [0.1, 0.15) is 5.75 Å². The van der Waals surface area contributed by atoms with Gasteiger partial charge in [-0.05, 0) is 40.8 Å². The Bertz CT molecular complexity index is 718. The summed E-state index contributed by atoms with van der Waals surface area (Å²) in [6.45, 7) is 6.35. The quantitative estimate of drug-likeness (QED) is 0.773. The van der Waals surface area contributed by atoms with E-state index >= 15 is 0 Å². The third-order valence-electron chi connectivity index (χ3n) is 3.68. The summed E-state index contributed by atoms with van der Waals surface area (Å²) in [7, 11) is 0. The molecule has 0 heterocycles. The molecule has 5 heteroatoms. The second-order valence-corrected chi connectivity index (χ2v) is 7.49. The van der Waals surface area contributed by atoms with Crippen molar-refractivity contribution in [3.8, 4) is 5.75 Å². The van der Waals surface area contributed by atoms with Gasteiger partial charge < -0.3 is 9.84 Å². The van der Waals surface area contributed by atoms with Crippen LogP contribution in [0.25, 0.3) is 0 Å². The minimum Gasteiger partial charge on any atom is -0.478 e. The number of carboxylic acid groups (broad SMARTS) is 1. The Kier molecular flexibility index (Phi) is 5.79. The lowest BCUT2D eigenvalue weighted by Crippen LogP contribution is -2.29. The number of aliphatic carboxylic acids is 1. The second kappa shape index (κ2) is 7.45. The molecule has 0 aromatic heterocycles. The molecule has 0 radical (unpaired) electrons. The largest absolute Gasteiger partial charge is 0.478 e. The number of benzene rings is 2. The number of hydrogen-bond acceptors (Lipinski definition) is 2. The highest BCUT2D eigenvalue weighted by Gasteiger charge is 2.21. The summed E-state index contributed by atoms with van der Waals surface area (Å²) in [4.78, 5) is 11.5. The predicted octanol–water partition coefficient (Wildman–Crippen LogP) is 5.37. The Balaban J connectivity index is 2.13. The van der Waals surface area contributed by atoms with Crippen molar-refractivity contribution in [3.63, 3.8) is 0 Å².